The van der Waals surface area contributed by atoms with E-state index in [2.05, 4.69) is 5.32 Å². The average Bonchev–Trinajstić information content (AvgIpc) is 2.25. The number of nitrogens with one attached hydrogen (secondary N) is 1. The number of hydrogen-bond acceptors (Lipinski definition) is 3. The number of aliphatic hydroxyl groups is 1. The molecule has 2 atom stereocenters. The highest BCUT2D eigenvalue weighted by Crippen LogP contribution is 2.07. The van der Waals surface area contributed by atoms with Crippen molar-refractivity contribution in [3.8, 4) is 6.07 Å². The lowest BCUT2D eigenvalue weighted by atomic mass is 10.0. The fraction of sp³-hybridized carbons (Fsp3) is 0.818. The Hall–Kier alpha value is -1.08. The van der Waals surface area contributed by atoms with Crippen molar-refractivity contribution in [2.75, 3.05) is 13.2 Å². The molecule has 0 rings (SSSR count). The topological polar surface area (TPSA) is 73.1 Å². The summed E-state index contributed by atoms with van der Waals surface area (Å²) in [5.74, 6) is -0.442. The number of amides is 1. The van der Waals surface area contributed by atoms with Crippen LogP contribution in [0.5, 0.6) is 0 Å². The molecule has 4 nitrogen and oxygen atoms in total. The molecule has 0 aliphatic rings. The maximum absolute atomic E-state index is 11.4. The molecule has 86 valence electrons. The van der Waals surface area contributed by atoms with Gasteiger partial charge in [0.25, 0.3) is 0 Å². The third-order valence-corrected chi connectivity index (χ3v) is 2.56. The van der Waals surface area contributed by atoms with Crippen LogP contribution in [0.25, 0.3) is 0 Å². The first-order valence-corrected chi connectivity index (χ1v) is 5.47. The number of carbonyl (C=O) groups is 1. The Morgan fingerprint density at radius 2 is 2.13 bits per heavy atom. The Morgan fingerprint density at radius 1 is 1.47 bits per heavy atom. The Kier molecular flexibility index (Phi) is 7.65. The van der Waals surface area contributed by atoms with Crippen molar-refractivity contribution in [2.24, 2.45) is 11.8 Å². The summed E-state index contributed by atoms with van der Waals surface area (Å²) < 4.78 is 0. The van der Waals surface area contributed by atoms with Crippen molar-refractivity contribution >= 4 is 5.91 Å². The molecule has 0 aromatic carbocycles. The fourth-order valence-corrected chi connectivity index (χ4v) is 1.34. The largest absolute Gasteiger partial charge is 0.396 e. The standard InChI is InChI=1S/C11H20N2O2/c1-3-9(5-6-14)8-13-11(15)10(4-2)7-12/h9-10,14H,3-6,8H2,1-2H3,(H,13,15). The lowest BCUT2D eigenvalue weighted by Gasteiger charge is -2.15. The Balaban J connectivity index is 3.92. The number of nitriles is 1. The van der Waals surface area contributed by atoms with E-state index >= 15 is 0 Å². The number of rotatable bonds is 7. The number of carbonyl (C=O) groups excluding carboxylic acids is 1. The van der Waals surface area contributed by atoms with Gasteiger partial charge in [-0.3, -0.25) is 4.79 Å². The maximum Gasteiger partial charge on any atom is 0.237 e. The second-order valence-corrected chi connectivity index (χ2v) is 3.62. The number of hydrogen-bond donors (Lipinski definition) is 2. The summed E-state index contributed by atoms with van der Waals surface area (Å²) in [6, 6.07) is 1.96. The maximum atomic E-state index is 11.4. The summed E-state index contributed by atoms with van der Waals surface area (Å²) in [5, 5.41) is 20.2. The molecule has 0 radical (unpaired) electrons. The number of nitrogens with zero attached hydrogens (tertiary/aromatic N) is 1. The second kappa shape index (κ2) is 8.25. The zero-order valence-corrected chi connectivity index (χ0v) is 9.49. The van der Waals surface area contributed by atoms with Crippen LogP contribution in [-0.4, -0.2) is 24.2 Å². The predicted octanol–water partition coefficient (Wildman–Crippen LogP) is 1.06. The molecule has 2 unspecified atom stereocenters. The summed E-state index contributed by atoms with van der Waals surface area (Å²) >= 11 is 0. The fourth-order valence-electron chi connectivity index (χ4n) is 1.34. The minimum Gasteiger partial charge on any atom is -0.396 e. The minimum absolute atomic E-state index is 0.143. The zero-order chi connectivity index (χ0) is 11.7. The van der Waals surface area contributed by atoms with Crippen LogP contribution in [0.4, 0.5) is 0 Å². The summed E-state index contributed by atoms with van der Waals surface area (Å²) in [5.41, 5.74) is 0. The van der Waals surface area contributed by atoms with Gasteiger partial charge in [-0.25, -0.2) is 0 Å². The Morgan fingerprint density at radius 3 is 2.53 bits per heavy atom. The van der Waals surface area contributed by atoms with Crippen LogP contribution in [0.1, 0.15) is 33.1 Å². The third-order valence-electron chi connectivity index (χ3n) is 2.56. The van der Waals surface area contributed by atoms with E-state index in [4.69, 9.17) is 10.4 Å². The van der Waals surface area contributed by atoms with Gasteiger partial charge in [0.2, 0.25) is 5.91 Å². The smallest absolute Gasteiger partial charge is 0.237 e. The first-order valence-electron chi connectivity index (χ1n) is 5.47. The van der Waals surface area contributed by atoms with Crippen molar-refractivity contribution in [3.05, 3.63) is 0 Å². The van der Waals surface area contributed by atoms with E-state index in [9.17, 15) is 4.79 Å². The first kappa shape index (κ1) is 13.9. The first-order chi connectivity index (χ1) is 7.19. The third kappa shape index (κ3) is 5.38. The molecule has 0 fully saturated rings. The van der Waals surface area contributed by atoms with E-state index in [1.807, 2.05) is 19.9 Å². The summed E-state index contributed by atoms with van der Waals surface area (Å²) in [7, 11) is 0. The van der Waals surface area contributed by atoms with E-state index in [0.717, 1.165) is 6.42 Å². The van der Waals surface area contributed by atoms with Crippen molar-refractivity contribution < 1.29 is 9.90 Å². The lowest BCUT2D eigenvalue weighted by Crippen LogP contribution is -2.33. The monoisotopic (exact) mass is 212 g/mol. The molecule has 15 heavy (non-hydrogen) atoms. The molecular formula is C11H20N2O2. The molecule has 1 amide bonds. The van der Waals surface area contributed by atoms with E-state index in [1.54, 1.807) is 0 Å². The molecule has 0 bridgehead atoms. The normalized spacial score (nSPS) is 14.0. The SMILES string of the molecule is CCC(CCO)CNC(=O)C(C#N)CC. The molecule has 0 saturated carbocycles. The lowest BCUT2D eigenvalue weighted by molar-refractivity contribution is -0.123. The van der Waals surface area contributed by atoms with Gasteiger partial charge in [-0.15, -0.1) is 0 Å². The van der Waals surface area contributed by atoms with Crippen LogP contribution in [0, 0.1) is 23.2 Å². The molecule has 0 aromatic rings. The van der Waals surface area contributed by atoms with E-state index in [1.165, 1.54) is 0 Å². The highest BCUT2D eigenvalue weighted by Gasteiger charge is 2.16. The molecule has 0 aliphatic carbocycles. The Labute approximate surface area is 91.3 Å². The van der Waals surface area contributed by atoms with E-state index in [0.29, 0.717) is 25.3 Å². The average molecular weight is 212 g/mol. The van der Waals surface area contributed by atoms with Gasteiger partial charge in [0.1, 0.15) is 5.92 Å². The molecular weight excluding hydrogens is 192 g/mol. The van der Waals surface area contributed by atoms with Crippen LogP contribution >= 0.6 is 0 Å². The van der Waals surface area contributed by atoms with Gasteiger partial charge >= 0.3 is 0 Å². The van der Waals surface area contributed by atoms with Gasteiger partial charge in [-0.1, -0.05) is 20.3 Å². The Bertz CT molecular complexity index is 223. The van der Waals surface area contributed by atoms with Gasteiger partial charge in [0.05, 0.1) is 6.07 Å². The van der Waals surface area contributed by atoms with Gasteiger partial charge in [-0.05, 0) is 18.8 Å². The highest BCUT2D eigenvalue weighted by atomic mass is 16.3. The molecule has 0 saturated heterocycles. The summed E-state index contributed by atoms with van der Waals surface area (Å²) in [6.45, 7) is 4.53. The van der Waals surface area contributed by atoms with Crippen molar-refractivity contribution in [1.29, 1.82) is 5.26 Å². The van der Waals surface area contributed by atoms with Crippen LogP contribution in [0.15, 0.2) is 0 Å². The van der Waals surface area contributed by atoms with Gasteiger partial charge < -0.3 is 10.4 Å². The molecule has 0 heterocycles. The minimum atomic E-state index is -0.545. The van der Waals surface area contributed by atoms with Crippen LogP contribution in [-0.2, 0) is 4.79 Å². The predicted molar refractivity (Wildman–Crippen MR) is 57.9 cm³/mol. The van der Waals surface area contributed by atoms with Crippen LogP contribution in [0.2, 0.25) is 0 Å². The van der Waals surface area contributed by atoms with E-state index in [-0.39, 0.29) is 12.5 Å². The second-order valence-electron chi connectivity index (χ2n) is 3.62. The van der Waals surface area contributed by atoms with E-state index < -0.39 is 5.92 Å². The summed E-state index contributed by atoms with van der Waals surface area (Å²) in [4.78, 5) is 11.4. The molecule has 0 aromatic heterocycles. The molecule has 0 aliphatic heterocycles. The van der Waals surface area contributed by atoms with Crippen LogP contribution in [0.3, 0.4) is 0 Å². The van der Waals surface area contributed by atoms with Crippen molar-refractivity contribution in [1.82, 2.24) is 5.32 Å². The molecule has 2 N–H and O–H groups in total. The molecule has 0 spiro atoms. The van der Waals surface area contributed by atoms with Gasteiger partial charge in [-0.2, -0.15) is 5.26 Å². The van der Waals surface area contributed by atoms with Gasteiger partial charge in [0, 0.05) is 13.2 Å². The van der Waals surface area contributed by atoms with Crippen molar-refractivity contribution in [2.45, 2.75) is 33.1 Å². The zero-order valence-electron chi connectivity index (χ0n) is 9.49. The quantitative estimate of drug-likeness (QED) is 0.662. The highest BCUT2D eigenvalue weighted by molar-refractivity contribution is 5.80. The van der Waals surface area contributed by atoms with Crippen molar-refractivity contribution in [3.63, 3.8) is 0 Å². The van der Waals surface area contributed by atoms with Crippen LogP contribution < -0.4 is 5.32 Å². The van der Waals surface area contributed by atoms with Gasteiger partial charge in [0.15, 0.2) is 0 Å². The number of aliphatic hydroxyl groups excluding tert-OH is 1. The summed E-state index contributed by atoms with van der Waals surface area (Å²) in [6.07, 6.45) is 2.16. The molecule has 4 heteroatoms.